The highest BCUT2D eigenvalue weighted by Crippen LogP contribution is 2.26. The molecule has 27 heavy (non-hydrogen) atoms. The highest BCUT2D eigenvalue weighted by atomic mass is 35.5. The summed E-state index contributed by atoms with van der Waals surface area (Å²) < 4.78 is 10.7. The van der Waals surface area contributed by atoms with E-state index in [9.17, 15) is 4.79 Å². The zero-order valence-electron chi connectivity index (χ0n) is 15.4. The Morgan fingerprint density at radius 2 is 2.15 bits per heavy atom. The first kappa shape index (κ1) is 21.6. The zero-order valence-corrected chi connectivity index (χ0v) is 17.1. The van der Waals surface area contributed by atoms with Crippen molar-refractivity contribution in [1.29, 1.82) is 0 Å². The molecule has 1 aromatic heterocycles. The molecule has 1 aliphatic rings. The van der Waals surface area contributed by atoms with E-state index in [4.69, 9.17) is 15.2 Å². The van der Waals surface area contributed by atoms with Gasteiger partial charge in [0.1, 0.15) is 16.8 Å². The molecule has 0 radical (unpaired) electrons. The van der Waals surface area contributed by atoms with Gasteiger partial charge in [0.2, 0.25) is 0 Å². The fraction of sp³-hybridized carbons (Fsp3) is 0.474. The maximum atomic E-state index is 11.7. The van der Waals surface area contributed by atoms with Gasteiger partial charge in [-0.05, 0) is 50.1 Å². The number of hydrogen-bond acceptors (Lipinski definition) is 7. The first-order valence-electron chi connectivity index (χ1n) is 8.91. The number of halogens is 1. The van der Waals surface area contributed by atoms with Crippen LogP contribution >= 0.6 is 23.7 Å². The van der Waals surface area contributed by atoms with E-state index < -0.39 is 0 Å². The first-order chi connectivity index (χ1) is 12.7. The van der Waals surface area contributed by atoms with Crippen LogP contribution < -0.4 is 10.5 Å². The number of benzene rings is 1. The maximum Gasteiger partial charge on any atom is 0.323 e. The van der Waals surface area contributed by atoms with Crippen LogP contribution in [0.25, 0.3) is 10.6 Å². The molecular weight excluding hydrogens is 386 g/mol. The van der Waals surface area contributed by atoms with Crippen molar-refractivity contribution >= 4 is 29.7 Å². The Morgan fingerprint density at radius 3 is 2.81 bits per heavy atom. The lowest BCUT2D eigenvalue weighted by molar-refractivity contribution is -0.145. The molecule has 1 fully saturated rings. The number of nitrogens with two attached hydrogens (primary N) is 1. The van der Waals surface area contributed by atoms with E-state index in [0.717, 1.165) is 53.5 Å². The smallest absolute Gasteiger partial charge is 0.323 e. The summed E-state index contributed by atoms with van der Waals surface area (Å²) in [7, 11) is 1.45. The molecule has 6 nitrogen and oxygen atoms in total. The highest BCUT2D eigenvalue weighted by molar-refractivity contribution is 7.15. The highest BCUT2D eigenvalue weighted by Gasteiger charge is 2.30. The van der Waals surface area contributed by atoms with Crippen molar-refractivity contribution < 1.29 is 14.3 Å². The van der Waals surface area contributed by atoms with Crippen molar-refractivity contribution in [2.75, 3.05) is 26.8 Å². The lowest BCUT2D eigenvalue weighted by atomic mass is 10.2. The van der Waals surface area contributed by atoms with E-state index in [2.05, 4.69) is 9.88 Å². The van der Waals surface area contributed by atoms with Gasteiger partial charge in [0.15, 0.2) is 0 Å². The zero-order chi connectivity index (χ0) is 18.4. The van der Waals surface area contributed by atoms with Gasteiger partial charge in [-0.3, -0.25) is 9.69 Å². The van der Waals surface area contributed by atoms with Crippen molar-refractivity contribution in [3.05, 3.63) is 35.3 Å². The fourth-order valence-electron chi connectivity index (χ4n) is 3.18. The molecule has 148 valence electrons. The van der Waals surface area contributed by atoms with Crippen LogP contribution in [0.1, 0.15) is 24.1 Å². The SMILES string of the molecule is COC(=O)[C@@H]1CCCN1CCCOc1ccc(-c2ncc(CN)s2)cc1.Cl. The third-order valence-electron chi connectivity index (χ3n) is 4.55. The minimum Gasteiger partial charge on any atom is -0.494 e. The topological polar surface area (TPSA) is 77.7 Å². The summed E-state index contributed by atoms with van der Waals surface area (Å²) in [6.45, 7) is 2.94. The normalized spacial score (nSPS) is 16.7. The van der Waals surface area contributed by atoms with Crippen molar-refractivity contribution in [1.82, 2.24) is 9.88 Å². The Labute approximate surface area is 170 Å². The van der Waals surface area contributed by atoms with Gasteiger partial charge in [0.05, 0.1) is 13.7 Å². The summed E-state index contributed by atoms with van der Waals surface area (Å²) in [5.74, 6) is 0.717. The molecule has 0 spiro atoms. The van der Waals surface area contributed by atoms with E-state index >= 15 is 0 Å². The molecule has 8 heteroatoms. The number of carbonyl (C=O) groups excluding carboxylic acids is 1. The van der Waals surface area contributed by atoms with Crippen molar-refractivity contribution in [3.8, 4) is 16.3 Å². The number of rotatable bonds is 8. The van der Waals surface area contributed by atoms with Crippen LogP contribution in [0, 0.1) is 0 Å². The monoisotopic (exact) mass is 411 g/mol. The number of nitrogens with zero attached hydrogens (tertiary/aromatic N) is 2. The number of methoxy groups -OCH3 is 1. The molecule has 1 saturated heterocycles. The van der Waals surface area contributed by atoms with E-state index in [1.807, 2.05) is 30.5 Å². The molecule has 1 aromatic carbocycles. The Hall–Kier alpha value is -1.67. The second-order valence-electron chi connectivity index (χ2n) is 6.28. The molecule has 1 aliphatic heterocycles. The van der Waals surface area contributed by atoms with Crippen LogP contribution in [0.3, 0.4) is 0 Å². The summed E-state index contributed by atoms with van der Waals surface area (Å²) in [5.41, 5.74) is 6.70. The van der Waals surface area contributed by atoms with Gasteiger partial charge in [-0.2, -0.15) is 0 Å². The summed E-state index contributed by atoms with van der Waals surface area (Å²) in [6.07, 6.45) is 4.63. The van der Waals surface area contributed by atoms with Crippen LogP contribution in [0.2, 0.25) is 0 Å². The quantitative estimate of drug-likeness (QED) is 0.531. The number of aromatic nitrogens is 1. The lowest BCUT2D eigenvalue weighted by Gasteiger charge is -2.22. The third kappa shape index (κ3) is 5.65. The summed E-state index contributed by atoms with van der Waals surface area (Å²) in [4.78, 5) is 19.4. The predicted octanol–water partition coefficient (Wildman–Crippen LogP) is 3.10. The summed E-state index contributed by atoms with van der Waals surface area (Å²) in [5, 5.41) is 0.972. The van der Waals surface area contributed by atoms with E-state index in [0.29, 0.717) is 13.2 Å². The standard InChI is InChI=1S/C19H25N3O3S.ClH/c1-24-19(23)17-4-2-9-22(17)10-3-11-25-15-7-5-14(6-8-15)18-21-13-16(12-20)26-18;/h5-8,13,17H,2-4,9-12,20H2,1H3;1H/t17-;/m0./s1. The average Bonchev–Trinajstić information content (AvgIpc) is 3.34. The second kappa shape index (κ2) is 10.6. The number of thiazole rings is 1. The molecular formula is C19H26ClN3O3S. The molecule has 0 unspecified atom stereocenters. The van der Waals surface area contributed by atoms with Crippen molar-refractivity contribution in [2.45, 2.75) is 31.8 Å². The summed E-state index contributed by atoms with van der Waals surface area (Å²) >= 11 is 1.61. The van der Waals surface area contributed by atoms with Crippen LogP contribution in [-0.4, -0.2) is 48.7 Å². The lowest BCUT2D eigenvalue weighted by Crippen LogP contribution is -2.37. The molecule has 0 bridgehead atoms. The number of esters is 1. The molecule has 2 N–H and O–H groups in total. The van der Waals surface area contributed by atoms with E-state index in [1.54, 1.807) is 11.3 Å². The minimum atomic E-state index is -0.126. The number of ether oxygens (including phenoxy) is 2. The van der Waals surface area contributed by atoms with Crippen LogP contribution in [0.15, 0.2) is 30.5 Å². The van der Waals surface area contributed by atoms with Gasteiger partial charge in [0, 0.05) is 29.7 Å². The van der Waals surface area contributed by atoms with Crippen molar-refractivity contribution in [3.63, 3.8) is 0 Å². The predicted molar refractivity (Wildman–Crippen MR) is 109 cm³/mol. The second-order valence-corrected chi connectivity index (χ2v) is 7.39. The van der Waals surface area contributed by atoms with Crippen LogP contribution in [0.4, 0.5) is 0 Å². The van der Waals surface area contributed by atoms with E-state index in [1.165, 1.54) is 7.11 Å². The van der Waals surface area contributed by atoms with E-state index in [-0.39, 0.29) is 24.4 Å². The number of likely N-dealkylation sites (tertiary alicyclic amines) is 1. The number of carbonyl (C=O) groups is 1. The van der Waals surface area contributed by atoms with Crippen LogP contribution in [-0.2, 0) is 16.1 Å². The molecule has 2 heterocycles. The van der Waals surface area contributed by atoms with Crippen molar-refractivity contribution in [2.24, 2.45) is 5.73 Å². The summed E-state index contributed by atoms with van der Waals surface area (Å²) in [6, 6.07) is 7.87. The molecule has 1 atom stereocenters. The molecule has 0 amide bonds. The van der Waals surface area contributed by atoms with Gasteiger partial charge in [-0.15, -0.1) is 23.7 Å². The van der Waals surface area contributed by atoms with Gasteiger partial charge in [0.25, 0.3) is 0 Å². The maximum absolute atomic E-state index is 11.7. The van der Waals surface area contributed by atoms with Gasteiger partial charge in [-0.1, -0.05) is 0 Å². The molecule has 2 aromatic rings. The Morgan fingerprint density at radius 1 is 1.37 bits per heavy atom. The third-order valence-corrected chi connectivity index (χ3v) is 5.62. The number of hydrogen-bond donors (Lipinski definition) is 1. The molecule has 3 rings (SSSR count). The first-order valence-corrected chi connectivity index (χ1v) is 9.73. The van der Waals surface area contributed by atoms with Gasteiger partial charge < -0.3 is 15.2 Å². The molecule has 0 saturated carbocycles. The van der Waals surface area contributed by atoms with Crippen LogP contribution in [0.5, 0.6) is 5.75 Å². The van der Waals surface area contributed by atoms with Gasteiger partial charge in [-0.25, -0.2) is 4.98 Å². The largest absolute Gasteiger partial charge is 0.494 e. The molecule has 0 aliphatic carbocycles. The fourth-order valence-corrected chi connectivity index (χ4v) is 3.98. The Kier molecular flexibility index (Phi) is 8.50. The average molecular weight is 412 g/mol. The Bertz CT molecular complexity index is 723. The van der Waals surface area contributed by atoms with Gasteiger partial charge >= 0.3 is 5.97 Å². The Balaban J connectivity index is 0.00000261. The minimum absolute atomic E-state index is 0.